The van der Waals surface area contributed by atoms with Crippen molar-refractivity contribution in [3.8, 4) is 0 Å². The molecule has 0 amide bonds. The Labute approximate surface area is 101 Å². The SMILES string of the molecule is CCCCC1(OS(C)(=O)=O)CC1[Si](C)(C)C. The maximum absolute atomic E-state index is 11.3. The second-order valence-corrected chi connectivity index (χ2v) is 13.1. The number of hydrogen-bond donors (Lipinski definition) is 0. The van der Waals surface area contributed by atoms with Crippen LogP contribution in [0.5, 0.6) is 0 Å². The van der Waals surface area contributed by atoms with Gasteiger partial charge < -0.3 is 0 Å². The summed E-state index contributed by atoms with van der Waals surface area (Å²) < 4.78 is 28.0. The van der Waals surface area contributed by atoms with Crippen LogP contribution in [0.15, 0.2) is 0 Å². The van der Waals surface area contributed by atoms with Crippen LogP contribution in [-0.2, 0) is 14.3 Å². The van der Waals surface area contributed by atoms with Crippen molar-refractivity contribution in [1.82, 2.24) is 0 Å². The fraction of sp³-hybridized carbons (Fsp3) is 1.00. The summed E-state index contributed by atoms with van der Waals surface area (Å²) >= 11 is 0. The molecule has 0 saturated heterocycles. The summed E-state index contributed by atoms with van der Waals surface area (Å²) in [5.41, 5.74) is 0.162. The first-order valence-corrected chi connectivity index (χ1v) is 11.4. The average Bonchev–Trinajstić information content (AvgIpc) is 2.73. The standard InChI is InChI=1S/C11H24O3SSi/c1-6-7-8-11(14-15(2,12)13)9-10(11)16(3,4)5/h10H,6-9H2,1-5H3. The summed E-state index contributed by atoms with van der Waals surface area (Å²) in [6.45, 7) is 8.99. The molecular formula is C11H24O3SSi. The maximum atomic E-state index is 11.3. The van der Waals surface area contributed by atoms with Crippen molar-refractivity contribution in [2.75, 3.05) is 6.26 Å². The smallest absolute Gasteiger partial charge is 0.264 e. The lowest BCUT2D eigenvalue weighted by molar-refractivity contribution is 0.174. The molecule has 0 radical (unpaired) electrons. The second-order valence-electron chi connectivity index (χ2n) is 6.08. The molecule has 1 saturated carbocycles. The Morgan fingerprint density at radius 2 is 1.94 bits per heavy atom. The van der Waals surface area contributed by atoms with Crippen molar-refractivity contribution in [3.05, 3.63) is 0 Å². The number of unbranched alkanes of at least 4 members (excludes halogenated alkanes) is 1. The van der Waals surface area contributed by atoms with E-state index in [1.807, 2.05) is 0 Å². The van der Waals surface area contributed by atoms with E-state index in [9.17, 15) is 8.42 Å². The topological polar surface area (TPSA) is 43.4 Å². The molecule has 0 aromatic carbocycles. The largest absolute Gasteiger partial charge is 0.264 e. The van der Waals surface area contributed by atoms with Gasteiger partial charge in [0.15, 0.2) is 0 Å². The fourth-order valence-electron chi connectivity index (χ4n) is 2.57. The molecule has 0 heterocycles. The molecule has 0 aromatic rings. The lowest BCUT2D eigenvalue weighted by atomic mass is 10.1. The highest BCUT2D eigenvalue weighted by molar-refractivity contribution is 7.86. The van der Waals surface area contributed by atoms with Crippen LogP contribution in [0.1, 0.15) is 32.6 Å². The van der Waals surface area contributed by atoms with Crippen LogP contribution < -0.4 is 0 Å². The molecule has 0 N–H and O–H groups in total. The minimum absolute atomic E-state index is 0.339. The van der Waals surface area contributed by atoms with Gasteiger partial charge in [0.1, 0.15) is 0 Å². The summed E-state index contributed by atoms with van der Waals surface area (Å²) in [4.78, 5) is 0. The van der Waals surface area contributed by atoms with Crippen LogP contribution in [0.2, 0.25) is 25.2 Å². The second kappa shape index (κ2) is 4.42. The molecule has 0 aromatic heterocycles. The zero-order valence-electron chi connectivity index (χ0n) is 11.0. The lowest BCUT2D eigenvalue weighted by Gasteiger charge is -2.23. The Morgan fingerprint density at radius 3 is 2.25 bits per heavy atom. The number of rotatable bonds is 6. The van der Waals surface area contributed by atoms with Crippen molar-refractivity contribution in [3.63, 3.8) is 0 Å². The van der Waals surface area contributed by atoms with Gasteiger partial charge in [0.25, 0.3) is 10.1 Å². The summed E-state index contributed by atoms with van der Waals surface area (Å²) in [6.07, 6.45) is 5.14. The van der Waals surface area contributed by atoms with E-state index in [1.54, 1.807) is 0 Å². The van der Waals surface area contributed by atoms with Gasteiger partial charge in [-0.3, -0.25) is 4.18 Å². The van der Waals surface area contributed by atoms with Crippen LogP contribution in [0.4, 0.5) is 0 Å². The minimum Gasteiger partial charge on any atom is -0.264 e. The Hall–Kier alpha value is 0.127. The van der Waals surface area contributed by atoms with Gasteiger partial charge in [0.2, 0.25) is 0 Å². The summed E-state index contributed by atoms with van der Waals surface area (Å²) in [5.74, 6) is 0. The molecule has 1 rings (SSSR count). The molecule has 1 fully saturated rings. The Kier molecular flexibility index (Phi) is 3.92. The van der Waals surface area contributed by atoms with Crippen molar-refractivity contribution in [1.29, 1.82) is 0 Å². The molecule has 0 aliphatic heterocycles. The van der Waals surface area contributed by atoms with Crippen molar-refractivity contribution in [2.45, 2.75) is 63.4 Å². The average molecular weight is 264 g/mol. The maximum Gasteiger partial charge on any atom is 0.264 e. The molecular weight excluding hydrogens is 240 g/mol. The van der Waals surface area contributed by atoms with Crippen LogP contribution in [0, 0.1) is 0 Å². The van der Waals surface area contributed by atoms with Gasteiger partial charge in [-0.05, 0) is 18.4 Å². The minimum atomic E-state index is -3.32. The van der Waals surface area contributed by atoms with Crippen LogP contribution in [0.25, 0.3) is 0 Å². The van der Waals surface area contributed by atoms with Crippen LogP contribution in [-0.4, -0.2) is 28.3 Å². The van der Waals surface area contributed by atoms with Gasteiger partial charge in [-0.2, -0.15) is 8.42 Å². The predicted molar refractivity (Wildman–Crippen MR) is 69.9 cm³/mol. The highest BCUT2D eigenvalue weighted by atomic mass is 32.2. The van der Waals surface area contributed by atoms with Gasteiger partial charge in [-0.25, -0.2) is 0 Å². The first-order chi connectivity index (χ1) is 7.11. The van der Waals surface area contributed by atoms with Crippen LogP contribution >= 0.6 is 0 Å². The van der Waals surface area contributed by atoms with E-state index in [-0.39, 0.29) is 5.60 Å². The lowest BCUT2D eigenvalue weighted by Crippen LogP contribution is -2.30. The monoisotopic (exact) mass is 264 g/mol. The molecule has 1 aliphatic carbocycles. The van der Waals surface area contributed by atoms with E-state index in [0.717, 1.165) is 25.7 Å². The highest BCUT2D eigenvalue weighted by Gasteiger charge is 2.61. The molecule has 96 valence electrons. The van der Waals surface area contributed by atoms with E-state index in [0.29, 0.717) is 5.54 Å². The summed E-state index contributed by atoms with van der Waals surface area (Å²) in [7, 11) is -4.62. The van der Waals surface area contributed by atoms with Gasteiger partial charge in [-0.15, -0.1) is 0 Å². The van der Waals surface area contributed by atoms with Crippen molar-refractivity contribution < 1.29 is 12.6 Å². The van der Waals surface area contributed by atoms with E-state index in [2.05, 4.69) is 26.6 Å². The van der Waals surface area contributed by atoms with Gasteiger partial charge in [0.05, 0.1) is 19.9 Å². The van der Waals surface area contributed by atoms with E-state index in [1.165, 1.54) is 6.26 Å². The molecule has 1 aliphatic rings. The normalized spacial score (nSPS) is 30.4. The summed E-state index contributed by atoms with van der Waals surface area (Å²) in [6, 6.07) is 0. The molecule has 0 spiro atoms. The predicted octanol–water partition coefficient (Wildman–Crippen LogP) is 3.00. The fourth-order valence-corrected chi connectivity index (χ4v) is 6.26. The molecule has 3 nitrogen and oxygen atoms in total. The summed E-state index contributed by atoms with van der Waals surface area (Å²) in [5, 5.41) is 0. The van der Waals surface area contributed by atoms with Gasteiger partial charge in [0, 0.05) is 0 Å². The van der Waals surface area contributed by atoms with Gasteiger partial charge >= 0.3 is 0 Å². The van der Waals surface area contributed by atoms with E-state index < -0.39 is 18.2 Å². The van der Waals surface area contributed by atoms with Crippen LogP contribution in [0.3, 0.4) is 0 Å². The third-order valence-corrected chi connectivity index (χ3v) is 6.80. The molecule has 16 heavy (non-hydrogen) atoms. The number of hydrogen-bond acceptors (Lipinski definition) is 3. The zero-order valence-corrected chi connectivity index (χ0v) is 12.9. The first-order valence-electron chi connectivity index (χ1n) is 6.01. The molecule has 2 atom stereocenters. The molecule has 5 heteroatoms. The molecule has 2 unspecified atom stereocenters. The quantitative estimate of drug-likeness (QED) is 0.547. The van der Waals surface area contributed by atoms with Crippen molar-refractivity contribution >= 4 is 18.2 Å². The zero-order chi connectivity index (χ0) is 12.6. The third kappa shape index (κ3) is 3.57. The Balaban J connectivity index is 2.75. The van der Waals surface area contributed by atoms with Crippen molar-refractivity contribution in [2.24, 2.45) is 0 Å². The Morgan fingerprint density at radius 1 is 1.38 bits per heavy atom. The third-order valence-electron chi connectivity index (χ3n) is 3.34. The van der Waals surface area contributed by atoms with E-state index in [4.69, 9.17) is 4.18 Å². The van der Waals surface area contributed by atoms with E-state index >= 15 is 0 Å². The highest BCUT2D eigenvalue weighted by Crippen LogP contribution is 2.61. The first kappa shape index (κ1) is 14.2. The Bertz CT molecular complexity index is 345. The molecule has 0 bridgehead atoms. The van der Waals surface area contributed by atoms with Gasteiger partial charge in [-0.1, -0.05) is 39.4 Å².